The molecular weight excluding hydrogens is 324 g/mol. The topological polar surface area (TPSA) is 12.5 Å². The van der Waals surface area contributed by atoms with Crippen LogP contribution in [0.15, 0.2) is 0 Å². The van der Waals surface area contributed by atoms with Crippen LogP contribution in [-0.2, 0) is 4.74 Å². The van der Waals surface area contributed by atoms with Crippen molar-refractivity contribution < 1.29 is 31.1 Å². The molecule has 0 N–H and O–H groups in total. The number of fused-ring (bicyclic) bond motifs is 1. The minimum Gasteiger partial charge on any atom is -0.362 e. The molecule has 7 unspecified atom stereocenters. The monoisotopic (exact) mass is 345 g/mol. The number of hydrogen-bond acceptors (Lipinski definition) is 2. The highest BCUT2D eigenvalue weighted by Crippen LogP contribution is 2.41. The van der Waals surface area contributed by atoms with Crippen LogP contribution in [0.5, 0.6) is 0 Å². The SMILES string of the molecule is FC1CC2OCN(C3CCCC(C(F)(F)F)C3)CC2C(F)C1F. The van der Waals surface area contributed by atoms with Crippen molar-refractivity contribution >= 4 is 0 Å². The summed E-state index contributed by atoms with van der Waals surface area (Å²) in [5.74, 6) is -2.16. The lowest BCUT2D eigenvalue weighted by Crippen LogP contribution is -2.58. The van der Waals surface area contributed by atoms with Gasteiger partial charge in [0.1, 0.15) is 12.3 Å². The lowest BCUT2D eigenvalue weighted by Gasteiger charge is -2.48. The van der Waals surface area contributed by atoms with Crippen LogP contribution in [0, 0.1) is 11.8 Å². The number of ether oxygens (including phenoxy) is 1. The number of rotatable bonds is 1. The fourth-order valence-electron chi connectivity index (χ4n) is 4.14. The van der Waals surface area contributed by atoms with Crippen LogP contribution in [0.3, 0.4) is 0 Å². The van der Waals surface area contributed by atoms with E-state index in [1.165, 1.54) is 0 Å². The van der Waals surface area contributed by atoms with Crippen molar-refractivity contribution in [2.75, 3.05) is 13.3 Å². The Bertz CT molecular complexity index is 417. The van der Waals surface area contributed by atoms with Crippen molar-refractivity contribution in [1.29, 1.82) is 0 Å². The quantitative estimate of drug-likeness (QED) is 0.671. The Morgan fingerprint density at radius 1 is 0.957 bits per heavy atom. The van der Waals surface area contributed by atoms with Gasteiger partial charge < -0.3 is 4.74 Å². The third-order valence-electron chi connectivity index (χ3n) is 5.52. The van der Waals surface area contributed by atoms with Crippen molar-refractivity contribution in [3.8, 4) is 0 Å². The van der Waals surface area contributed by atoms with Crippen LogP contribution >= 0.6 is 0 Å². The highest BCUT2D eigenvalue weighted by atomic mass is 19.4. The van der Waals surface area contributed by atoms with Crippen LogP contribution in [0.25, 0.3) is 0 Å². The van der Waals surface area contributed by atoms with Gasteiger partial charge in [0, 0.05) is 24.9 Å². The molecule has 2 saturated carbocycles. The van der Waals surface area contributed by atoms with Crippen molar-refractivity contribution in [2.24, 2.45) is 11.8 Å². The van der Waals surface area contributed by atoms with Crippen LogP contribution in [0.1, 0.15) is 32.1 Å². The summed E-state index contributed by atoms with van der Waals surface area (Å²) in [7, 11) is 0. The van der Waals surface area contributed by atoms with Crippen LogP contribution < -0.4 is 0 Å². The number of alkyl halides is 6. The minimum atomic E-state index is -4.23. The van der Waals surface area contributed by atoms with Crippen molar-refractivity contribution in [3.63, 3.8) is 0 Å². The van der Waals surface area contributed by atoms with E-state index in [1.54, 1.807) is 4.90 Å². The molecule has 3 aliphatic rings. The first-order valence-corrected chi connectivity index (χ1v) is 8.12. The maximum atomic E-state index is 14.1. The average Bonchev–Trinajstić information content (AvgIpc) is 2.52. The molecule has 3 fully saturated rings. The van der Waals surface area contributed by atoms with Crippen molar-refractivity contribution in [3.05, 3.63) is 0 Å². The van der Waals surface area contributed by atoms with Gasteiger partial charge in [0.15, 0.2) is 6.17 Å². The number of hydrogen-bond donors (Lipinski definition) is 0. The van der Waals surface area contributed by atoms with Gasteiger partial charge in [-0.15, -0.1) is 0 Å². The second-order valence-corrected chi connectivity index (χ2v) is 6.97. The second-order valence-electron chi connectivity index (χ2n) is 6.97. The molecule has 0 aromatic carbocycles. The summed E-state index contributed by atoms with van der Waals surface area (Å²) in [5.41, 5.74) is 0. The van der Waals surface area contributed by atoms with Gasteiger partial charge in [0.25, 0.3) is 0 Å². The summed E-state index contributed by atoms with van der Waals surface area (Å²) in [5, 5.41) is 0. The fraction of sp³-hybridized carbons (Fsp3) is 1.00. The lowest BCUT2D eigenvalue weighted by atomic mass is 9.79. The maximum absolute atomic E-state index is 14.1. The zero-order valence-corrected chi connectivity index (χ0v) is 12.6. The molecule has 1 heterocycles. The average molecular weight is 345 g/mol. The molecule has 0 amide bonds. The highest BCUT2D eigenvalue weighted by Gasteiger charge is 2.50. The Hall–Kier alpha value is -0.500. The fourth-order valence-corrected chi connectivity index (χ4v) is 4.14. The van der Waals surface area contributed by atoms with E-state index in [0.29, 0.717) is 12.8 Å². The van der Waals surface area contributed by atoms with Crippen LogP contribution in [0.2, 0.25) is 0 Å². The molecule has 7 atom stereocenters. The molecule has 134 valence electrons. The van der Waals surface area contributed by atoms with E-state index >= 15 is 0 Å². The predicted molar refractivity (Wildman–Crippen MR) is 71.0 cm³/mol. The Balaban J connectivity index is 1.64. The zero-order valence-electron chi connectivity index (χ0n) is 12.6. The molecule has 0 spiro atoms. The van der Waals surface area contributed by atoms with E-state index in [2.05, 4.69) is 0 Å². The van der Waals surface area contributed by atoms with E-state index in [-0.39, 0.29) is 38.6 Å². The van der Waals surface area contributed by atoms with E-state index in [4.69, 9.17) is 4.74 Å². The Labute approximate surface area is 131 Å². The molecule has 8 heteroatoms. The summed E-state index contributed by atoms with van der Waals surface area (Å²) in [6.07, 6.45) is -9.98. The molecule has 23 heavy (non-hydrogen) atoms. The molecule has 2 nitrogen and oxygen atoms in total. The third-order valence-corrected chi connectivity index (χ3v) is 5.52. The summed E-state index contributed by atoms with van der Waals surface area (Å²) in [4.78, 5) is 1.68. The van der Waals surface area contributed by atoms with Gasteiger partial charge in [-0.05, 0) is 19.3 Å². The normalized spacial score (nSPS) is 46.4. The smallest absolute Gasteiger partial charge is 0.362 e. The van der Waals surface area contributed by atoms with E-state index in [0.717, 1.165) is 0 Å². The zero-order chi connectivity index (χ0) is 16.8. The Morgan fingerprint density at radius 2 is 1.70 bits per heavy atom. The van der Waals surface area contributed by atoms with Crippen molar-refractivity contribution in [2.45, 2.75) is 68.9 Å². The molecule has 0 radical (unpaired) electrons. The third kappa shape index (κ3) is 3.48. The molecule has 1 aliphatic heterocycles. The molecule has 2 aliphatic carbocycles. The number of halogens is 6. The molecular formula is C15H21F6NO. The van der Waals surface area contributed by atoms with E-state index < -0.39 is 42.6 Å². The first-order chi connectivity index (χ1) is 10.8. The molecule has 1 saturated heterocycles. The Morgan fingerprint density at radius 3 is 2.39 bits per heavy atom. The van der Waals surface area contributed by atoms with Gasteiger partial charge in [-0.3, -0.25) is 4.90 Å². The summed E-state index contributed by atoms with van der Waals surface area (Å²) in [6.45, 7) is 0.195. The Kier molecular flexibility index (Phi) is 4.84. The van der Waals surface area contributed by atoms with Gasteiger partial charge in [0.2, 0.25) is 0 Å². The first-order valence-electron chi connectivity index (χ1n) is 8.12. The van der Waals surface area contributed by atoms with Gasteiger partial charge in [-0.25, -0.2) is 13.2 Å². The standard InChI is InChI=1S/C15H21F6NO/c16-11-5-12-10(13(17)14(11)18)6-22(7-23-12)9-3-1-2-8(4-9)15(19,20)21/h8-14H,1-7H2. The minimum absolute atomic E-state index is 0.0357. The first kappa shape index (κ1) is 17.3. The summed E-state index contributed by atoms with van der Waals surface area (Å²) >= 11 is 0. The molecule has 0 aromatic heterocycles. The van der Waals surface area contributed by atoms with Crippen LogP contribution in [0.4, 0.5) is 26.3 Å². The van der Waals surface area contributed by atoms with Gasteiger partial charge >= 0.3 is 6.18 Å². The van der Waals surface area contributed by atoms with E-state index in [1.807, 2.05) is 0 Å². The molecule has 3 rings (SSSR count). The summed E-state index contributed by atoms with van der Waals surface area (Å²) in [6, 6.07) is -0.343. The van der Waals surface area contributed by atoms with Gasteiger partial charge in [0.05, 0.1) is 18.8 Å². The predicted octanol–water partition coefficient (Wildman–Crippen LogP) is 3.80. The maximum Gasteiger partial charge on any atom is 0.391 e. The largest absolute Gasteiger partial charge is 0.391 e. The van der Waals surface area contributed by atoms with Crippen LogP contribution in [-0.4, -0.2) is 55.0 Å². The summed E-state index contributed by atoms with van der Waals surface area (Å²) < 4.78 is 85.2. The second kappa shape index (κ2) is 6.43. The molecule has 0 bridgehead atoms. The lowest BCUT2D eigenvalue weighted by molar-refractivity contribution is -0.202. The highest BCUT2D eigenvalue weighted by molar-refractivity contribution is 4.98. The molecule has 0 aromatic rings. The van der Waals surface area contributed by atoms with E-state index in [9.17, 15) is 26.3 Å². The van der Waals surface area contributed by atoms with Gasteiger partial charge in [-0.2, -0.15) is 13.2 Å². The van der Waals surface area contributed by atoms with Crippen molar-refractivity contribution in [1.82, 2.24) is 4.90 Å². The number of nitrogens with zero attached hydrogens (tertiary/aromatic N) is 1. The van der Waals surface area contributed by atoms with Gasteiger partial charge in [-0.1, -0.05) is 6.42 Å².